The maximum absolute atomic E-state index is 2.42. The molecule has 0 unspecified atom stereocenters. The first kappa shape index (κ1) is 29.9. The molecule has 51 heavy (non-hydrogen) atoms. The topological polar surface area (TPSA) is 3.24 Å². The van der Waals surface area contributed by atoms with Crippen molar-refractivity contribution >= 4 is 59.3 Å². The highest BCUT2D eigenvalue weighted by Crippen LogP contribution is 2.51. The van der Waals surface area contributed by atoms with Crippen molar-refractivity contribution in [2.75, 3.05) is 4.90 Å². The highest BCUT2D eigenvalue weighted by molar-refractivity contribution is 7.26. The van der Waals surface area contributed by atoms with Gasteiger partial charge in [-0.05, 0) is 104 Å². The quantitative estimate of drug-likeness (QED) is 0.176. The normalized spacial score (nSPS) is 13.1. The van der Waals surface area contributed by atoms with E-state index in [4.69, 9.17) is 0 Å². The molecule has 0 spiro atoms. The van der Waals surface area contributed by atoms with E-state index in [1.165, 1.54) is 75.5 Å². The van der Waals surface area contributed by atoms with Crippen molar-refractivity contribution in [3.63, 3.8) is 0 Å². The van der Waals surface area contributed by atoms with Gasteiger partial charge in [0.05, 0.1) is 0 Å². The van der Waals surface area contributed by atoms with Gasteiger partial charge in [0.15, 0.2) is 0 Å². The van der Waals surface area contributed by atoms with Crippen molar-refractivity contribution < 1.29 is 0 Å². The maximum Gasteiger partial charge on any atom is 0.0467 e. The number of fused-ring (bicyclic) bond motifs is 8. The Kier molecular flexibility index (Phi) is 6.78. The molecule has 1 heterocycles. The van der Waals surface area contributed by atoms with Gasteiger partial charge >= 0.3 is 0 Å². The van der Waals surface area contributed by atoms with Crippen molar-refractivity contribution in [3.05, 3.63) is 187 Å². The average molecular weight is 670 g/mol. The van der Waals surface area contributed by atoms with Crippen LogP contribution in [0.1, 0.15) is 25.0 Å². The van der Waals surface area contributed by atoms with Crippen LogP contribution in [0.4, 0.5) is 17.1 Å². The maximum atomic E-state index is 2.42. The standard InChI is InChI=1S/C49H35NS/c1-49(2)43-20-8-6-17-40(43)41-28-27-38(31-44(41)49)50(37-16-10-15-35(30-37)32-12-4-3-5-13-32)36-25-22-33(23-26-36)39-19-11-14-34-24-29-46-48(47(34)39)42-18-7-9-21-45(42)51-46/h3-31H,1-2H3. The van der Waals surface area contributed by atoms with Crippen molar-refractivity contribution in [1.29, 1.82) is 0 Å². The predicted octanol–water partition coefficient (Wildman–Crippen LogP) is 14.3. The van der Waals surface area contributed by atoms with Crippen molar-refractivity contribution in [3.8, 4) is 33.4 Å². The van der Waals surface area contributed by atoms with Crippen molar-refractivity contribution in [2.24, 2.45) is 0 Å². The molecular formula is C49H35NS. The van der Waals surface area contributed by atoms with Gasteiger partial charge in [0, 0.05) is 42.6 Å². The predicted molar refractivity (Wildman–Crippen MR) is 220 cm³/mol. The lowest BCUT2D eigenvalue weighted by Crippen LogP contribution is -2.16. The van der Waals surface area contributed by atoms with Gasteiger partial charge in [-0.3, -0.25) is 0 Å². The molecule has 0 atom stereocenters. The molecule has 0 aliphatic heterocycles. The number of hydrogen-bond acceptors (Lipinski definition) is 2. The Bertz CT molecular complexity index is 2770. The largest absolute Gasteiger partial charge is 0.310 e. The molecule has 0 radical (unpaired) electrons. The van der Waals surface area contributed by atoms with Crippen LogP contribution in [0.25, 0.3) is 64.3 Å². The summed E-state index contributed by atoms with van der Waals surface area (Å²) >= 11 is 1.88. The molecule has 10 rings (SSSR count). The lowest BCUT2D eigenvalue weighted by Gasteiger charge is -2.28. The van der Waals surface area contributed by atoms with Crippen LogP contribution < -0.4 is 4.90 Å². The van der Waals surface area contributed by atoms with Gasteiger partial charge in [-0.25, -0.2) is 0 Å². The Labute approximate surface area is 302 Å². The first-order valence-corrected chi connectivity index (χ1v) is 18.5. The molecule has 1 aromatic heterocycles. The molecule has 0 amide bonds. The van der Waals surface area contributed by atoms with Crippen LogP contribution in [-0.2, 0) is 5.41 Å². The second kappa shape index (κ2) is 11.6. The molecule has 1 aliphatic carbocycles. The average Bonchev–Trinajstić information content (AvgIpc) is 3.68. The monoisotopic (exact) mass is 669 g/mol. The Hall–Kier alpha value is -5.96. The summed E-state index contributed by atoms with van der Waals surface area (Å²) < 4.78 is 2.66. The first-order chi connectivity index (χ1) is 25.0. The molecule has 0 saturated heterocycles. The minimum Gasteiger partial charge on any atom is -0.310 e. The smallest absolute Gasteiger partial charge is 0.0467 e. The SMILES string of the molecule is CC1(C)c2ccccc2-c2ccc(N(c3ccc(-c4cccc5ccc6sc7ccccc7c6c45)cc3)c3cccc(-c4ccccc4)c3)cc21. The molecular weight excluding hydrogens is 635 g/mol. The van der Waals surface area contributed by atoms with E-state index in [1.807, 2.05) is 11.3 Å². The highest BCUT2D eigenvalue weighted by Gasteiger charge is 2.35. The molecule has 9 aromatic rings. The van der Waals surface area contributed by atoms with Crippen LogP contribution in [0.5, 0.6) is 0 Å². The van der Waals surface area contributed by atoms with Crippen molar-refractivity contribution in [1.82, 2.24) is 0 Å². The second-order valence-electron chi connectivity index (χ2n) is 14.1. The van der Waals surface area contributed by atoms with E-state index in [9.17, 15) is 0 Å². The molecule has 0 bridgehead atoms. The third kappa shape index (κ3) is 4.75. The molecule has 0 N–H and O–H groups in total. The van der Waals surface area contributed by atoms with Crippen molar-refractivity contribution in [2.45, 2.75) is 19.3 Å². The van der Waals surface area contributed by atoms with Gasteiger partial charge in [0.2, 0.25) is 0 Å². The Balaban J connectivity index is 1.14. The third-order valence-corrected chi connectivity index (χ3v) is 12.0. The fourth-order valence-corrected chi connectivity index (χ4v) is 9.47. The number of anilines is 3. The first-order valence-electron chi connectivity index (χ1n) is 17.7. The van der Waals surface area contributed by atoms with E-state index < -0.39 is 0 Å². The summed E-state index contributed by atoms with van der Waals surface area (Å²) in [6.45, 7) is 4.71. The van der Waals surface area contributed by atoms with Gasteiger partial charge in [-0.15, -0.1) is 11.3 Å². The van der Waals surface area contributed by atoms with E-state index in [0.717, 1.165) is 17.1 Å². The second-order valence-corrected chi connectivity index (χ2v) is 15.2. The fourth-order valence-electron chi connectivity index (χ4n) is 8.36. The summed E-state index contributed by atoms with van der Waals surface area (Å²) in [5.74, 6) is 0. The summed E-state index contributed by atoms with van der Waals surface area (Å²) in [5.41, 5.74) is 13.7. The Morgan fingerprint density at radius 2 is 1.10 bits per heavy atom. The number of benzene rings is 8. The molecule has 1 aliphatic rings. The molecule has 0 fully saturated rings. The molecule has 8 aromatic carbocycles. The highest BCUT2D eigenvalue weighted by atomic mass is 32.1. The third-order valence-electron chi connectivity index (χ3n) is 10.9. The van der Waals surface area contributed by atoms with Crippen LogP contribution in [0.15, 0.2) is 176 Å². The van der Waals surface area contributed by atoms with E-state index in [-0.39, 0.29) is 5.41 Å². The fraction of sp³-hybridized carbons (Fsp3) is 0.0612. The molecule has 0 saturated carbocycles. The lowest BCUT2D eigenvalue weighted by molar-refractivity contribution is 0.660. The Morgan fingerprint density at radius 3 is 1.98 bits per heavy atom. The van der Waals surface area contributed by atoms with Crippen LogP contribution in [0.2, 0.25) is 0 Å². The summed E-state index contributed by atoms with van der Waals surface area (Å²) in [5, 5.41) is 5.29. The summed E-state index contributed by atoms with van der Waals surface area (Å²) in [7, 11) is 0. The van der Waals surface area contributed by atoms with Crippen LogP contribution in [0.3, 0.4) is 0 Å². The minimum absolute atomic E-state index is 0.0884. The molecule has 2 heteroatoms. The molecule has 1 nitrogen and oxygen atoms in total. The van der Waals surface area contributed by atoms with Gasteiger partial charge in [-0.1, -0.05) is 141 Å². The zero-order valence-electron chi connectivity index (χ0n) is 28.6. The number of rotatable bonds is 5. The van der Waals surface area contributed by atoms with Crippen LogP contribution in [-0.4, -0.2) is 0 Å². The summed E-state index contributed by atoms with van der Waals surface area (Å²) in [4.78, 5) is 2.42. The van der Waals surface area contributed by atoms with E-state index in [2.05, 4.69) is 195 Å². The van der Waals surface area contributed by atoms with E-state index in [0.29, 0.717) is 0 Å². The van der Waals surface area contributed by atoms with E-state index >= 15 is 0 Å². The van der Waals surface area contributed by atoms with Crippen LogP contribution in [0, 0.1) is 0 Å². The van der Waals surface area contributed by atoms with Gasteiger partial charge < -0.3 is 4.90 Å². The summed E-state index contributed by atoms with van der Waals surface area (Å²) in [6, 6.07) is 64.8. The minimum atomic E-state index is -0.0884. The lowest BCUT2D eigenvalue weighted by atomic mass is 9.82. The van der Waals surface area contributed by atoms with Gasteiger partial charge in [0.25, 0.3) is 0 Å². The van der Waals surface area contributed by atoms with Crippen LogP contribution >= 0.6 is 11.3 Å². The summed E-state index contributed by atoms with van der Waals surface area (Å²) in [6.07, 6.45) is 0. The number of thiophene rings is 1. The zero-order chi connectivity index (χ0) is 34.1. The van der Waals surface area contributed by atoms with E-state index in [1.54, 1.807) is 0 Å². The zero-order valence-corrected chi connectivity index (χ0v) is 29.4. The molecule has 242 valence electrons. The Morgan fingerprint density at radius 1 is 0.412 bits per heavy atom. The number of nitrogens with zero attached hydrogens (tertiary/aromatic N) is 1. The number of hydrogen-bond donors (Lipinski definition) is 0. The van der Waals surface area contributed by atoms with Gasteiger partial charge in [-0.2, -0.15) is 0 Å². The van der Waals surface area contributed by atoms with Gasteiger partial charge in [0.1, 0.15) is 0 Å².